The van der Waals surface area contributed by atoms with Gasteiger partial charge in [0, 0.05) is 16.7 Å². The first kappa shape index (κ1) is 16.0. The van der Waals surface area contributed by atoms with Crippen molar-refractivity contribution in [1.29, 1.82) is 0 Å². The molecule has 0 fully saturated rings. The molecule has 0 radical (unpaired) electrons. The molecule has 0 unspecified atom stereocenters. The second-order valence-electron chi connectivity index (χ2n) is 3.89. The van der Waals surface area contributed by atoms with E-state index in [1.165, 1.54) is 16.9 Å². The van der Waals surface area contributed by atoms with Crippen molar-refractivity contribution in [3.8, 4) is 5.69 Å². The molecule has 0 aliphatic heterocycles. The number of ether oxygens (including phenoxy) is 1. The molecule has 0 atom stereocenters. The molecule has 0 amide bonds. The summed E-state index contributed by atoms with van der Waals surface area (Å²) >= 11 is 15.4. The van der Waals surface area contributed by atoms with Crippen LogP contribution in [0.25, 0.3) is 5.69 Å². The first-order chi connectivity index (χ1) is 9.95. The Bertz CT molecular complexity index is 762. The van der Waals surface area contributed by atoms with Gasteiger partial charge in [-0.3, -0.25) is 4.79 Å². The molecule has 21 heavy (non-hydrogen) atoms. The second kappa shape index (κ2) is 6.60. The number of carbonyl (C=O) groups is 1. The molecular formula is C13H9BrCl2N2O3. The number of hydrogen-bond donors (Lipinski definition) is 0. The zero-order chi connectivity index (χ0) is 15.6. The Balaban J connectivity index is 2.56. The number of carbonyl (C=O) groups excluding carboxylic acids is 1. The van der Waals surface area contributed by atoms with Crippen LogP contribution < -0.4 is 5.43 Å². The monoisotopic (exact) mass is 390 g/mol. The quantitative estimate of drug-likeness (QED) is 0.593. The first-order valence-electron chi connectivity index (χ1n) is 5.86. The van der Waals surface area contributed by atoms with E-state index in [9.17, 15) is 9.59 Å². The van der Waals surface area contributed by atoms with Crippen molar-refractivity contribution in [2.75, 3.05) is 6.61 Å². The highest BCUT2D eigenvalue weighted by molar-refractivity contribution is 9.10. The fourth-order valence-electron chi connectivity index (χ4n) is 1.58. The maximum atomic E-state index is 11.7. The molecule has 0 aliphatic rings. The van der Waals surface area contributed by atoms with Crippen LogP contribution in [-0.2, 0) is 4.74 Å². The summed E-state index contributed by atoms with van der Waals surface area (Å²) < 4.78 is 6.72. The largest absolute Gasteiger partial charge is 0.461 e. The van der Waals surface area contributed by atoms with Crippen LogP contribution >= 0.6 is 39.1 Å². The van der Waals surface area contributed by atoms with E-state index in [-0.39, 0.29) is 17.3 Å². The molecule has 0 aliphatic carbocycles. The van der Waals surface area contributed by atoms with Crippen LogP contribution in [0, 0.1) is 0 Å². The number of nitrogens with zero attached hydrogens (tertiary/aromatic N) is 2. The van der Waals surface area contributed by atoms with Crippen molar-refractivity contribution in [3.63, 3.8) is 0 Å². The molecule has 5 nitrogen and oxygen atoms in total. The molecule has 0 N–H and O–H groups in total. The SMILES string of the molecule is CCOC(=O)c1nn(-c2ccc(Br)c(Cl)c2Cl)ccc1=O. The summed E-state index contributed by atoms with van der Waals surface area (Å²) in [7, 11) is 0. The molecule has 0 saturated heterocycles. The van der Waals surface area contributed by atoms with Crippen LogP contribution in [0.1, 0.15) is 17.4 Å². The smallest absolute Gasteiger partial charge is 0.362 e. The Morgan fingerprint density at radius 1 is 1.33 bits per heavy atom. The molecule has 0 saturated carbocycles. The summed E-state index contributed by atoms with van der Waals surface area (Å²) in [5.41, 5.74) is -0.395. The summed E-state index contributed by atoms with van der Waals surface area (Å²) in [6.45, 7) is 1.80. The molecule has 1 aromatic carbocycles. The van der Waals surface area contributed by atoms with Crippen molar-refractivity contribution in [2.24, 2.45) is 0 Å². The number of benzene rings is 1. The van der Waals surface area contributed by atoms with E-state index in [0.29, 0.717) is 15.2 Å². The third kappa shape index (κ3) is 3.28. The summed E-state index contributed by atoms with van der Waals surface area (Å²) in [5.74, 6) is -0.781. The van der Waals surface area contributed by atoms with Gasteiger partial charge < -0.3 is 4.74 Å². The lowest BCUT2D eigenvalue weighted by Gasteiger charge is -2.10. The van der Waals surface area contributed by atoms with Crippen LogP contribution in [0.15, 0.2) is 33.7 Å². The Morgan fingerprint density at radius 2 is 2.05 bits per heavy atom. The molecule has 2 aromatic rings. The zero-order valence-corrected chi connectivity index (χ0v) is 13.9. The average Bonchev–Trinajstić information content (AvgIpc) is 2.46. The Hall–Kier alpha value is -1.37. The van der Waals surface area contributed by atoms with E-state index in [0.717, 1.165) is 0 Å². The standard InChI is InChI=1S/C13H9BrCl2N2O3/c1-2-21-13(20)12-9(19)5-6-18(17-12)8-4-3-7(14)10(15)11(8)16/h3-6H,2H2,1H3. The number of aromatic nitrogens is 2. The maximum absolute atomic E-state index is 11.7. The topological polar surface area (TPSA) is 61.2 Å². The predicted octanol–water partition coefficient (Wildman–Crippen LogP) is 3.48. The highest BCUT2D eigenvalue weighted by atomic mass is 79.9. The third-order valence-electron chi connectivity index (χ3n) is 2.54. The van der Waals surface area contributed by atoms with Gasteiger partial charge in [-0.2, -0.15) is 5.10 Å². The van der Waals surface area contributed by atoms with Crippen LogP contribution in [0.4, 0.5) is 0 Å². The minimum Gasteiger partial charge on any atom is -0.461 e. The van der Waals surface area contributed by atoms with Gasteiger partial charge in [0.15, 0.2) is 0 Å². The van der Waals surface area contributed by atoms with Gasteiger partial charge in [-0.15, -0.1) is 0 Å². The summed E-state index contributed by atoms with van der Waals surface area (Å²) in [6.07, 6.45) is 1.40. The molecule has 0 bridgehead atoms. The number of hydrogen-bond acceptors (Lipinski definition) is 4. The lowest BCUT2D eigenvalue weighted by Crippen LogP contribution is -2.22. The second-order valence-corrected chi connectivity index (χ2v) is 5.50. The van der Waals surface area contributed by atoms with E-state index in [1.54, 1.807) is 19.1 Å². The van der Waals surface area contributed by atoms with Gasteiger partial charge >= 0.3 is 5.97 Å². The molecule has 2 rings (SSSR count). The van der Waals surface area contributed by atoms with Gasteiger partial charge in [0.25, 0.3) is 0 Å². The Morgan fingerprint density at radius 3 is 2.71 bits per heavy atom. The highest BCUT2D eigenvalue weighted by Crippen LogP contribution is 2.34. The molecule has 1 heterocycles. The van der Waals surface area contributed by atoms with Crippen LogP contribution in [0.5, 0.6) is 0 Å². The average molecular weight is 392 g/mol. The van der Waals surface area contributed by atoms with Gasteiger partial charge in [-0.25, -0.2) is 9.48 Å². The van der Waals surface area contributed by atoms with Crippen molar-refractivity contribution in [3.05, 3.63) is 54.8 Å². The maximum Gasteiger partial charge on any atom is 0.362 e. The van der Waals surface area contributed by atoms with Gasteiger partial charge in [0.1, 0.15) is 0 Å². The minimum absolute atomic E-state index is 0.152. The number of halogens is 3. The van der Waals surface area contributed by atoms with Gasteiger partial charge in [0.2, 0.25) is 11.1 Å². The van der Waals surface area contributed by atoms with Gasteiger partial charge in [0.05, 0.1) is 22.3 Å². The molecular weight excluding hydrogens is 383 g/mol. The number of rotatable bonds is 3. The zero-order valence-electron chi connectivity index (χ0n) is 10.8. The van der Waals surface area contributed by atoms with E-state index < -0.39 is 11.4 Å². The van der Waals surface area contributed by atoms with Crippen molar-refractivity contribution in [1.82, 2.24) is 9.78 Å². The Labute approximate surface area is 138 Å². The fraction of sp³-hybridized carbons (Fsp3) is 0.154. The summed E-state index contributed by atoms with van der Waals surface area (Å²) in [6, 6.07) is 4.56. The van der Waals surface area contributed by atoms with Crippen LogP contribution in [-0.4, -0.2) is 22.4 Å². The molecule has 8 heteroatoms. The van der Waals surface area contributed by atoms with Crippen molar-refractivity contribution >= 4 is 45.1 Å². The third-order valence-corrected chi connectivity index (χ3v) is 4.30. The van der Waals surface area contributed by atoms with E-state index in [1.807, 2.05) is 0 Å². The van der Waals surface area contributed by atoms with E-state index in [2.05, 4.69) is 21.0 Å². The fourth-order valence-corrected chi connectivity index (χ4v) is 2.43. The lowest BCUT2D eigenvalue weighted by atomic mass is 10.3. The van der Waals surface area contributed by atoms with Crippen LogP contribution in [0.2, 0.25) is 10.0 Å². The molecule has 0 spiro atoms. The van der Waals surface area contributed by atoms with Crippen molar-refractivity contribution in [2.45, 2.75) is 6.92 Å². The first-order valence-corrected chi connectivity index (χ1v) is 7.41. The van der Waals surface area contributed by atoms with E-state index in [4.69, 9.17) is 27.9 Å². The van der Waals surface area contributed by atoms with Crippen LogP contribution in [0.3, 0.4) is 0 Å². The minimum atomic E-state index is -0.781. The van der Waals surface area contributed by atoms with Gasteiger partial charge in [-0.05, 0) is 35.0 Å². The van der Waals surface area contributed by atoms with E-state index >= 15 is 0 Å². The number of esters is 1. The predicted molar refractivity (Wildman–Crippen MR) is 83.5 cm³/mol. The summed E-state index contributed by atoms with van der Waals surface area (Å²) in [4.78, 5) is 23.4. The van der Waals surface area contributed by atoms with Crippen molar-refractivity contribution < 1.29 is 9.53 Å². The lowest BCUT2D eigenvalue weighted by molar-refractivity contribution is 0.0515. The highest BCUT2D eigenvalue weighted by Gasteiger charge is 2.16. The Kier molecular flexibility index (Phi) is 5.03. The molecule has 110 valence electrons. The summed E-state index contributed by atoms with van der Waals surface area (Å²) in [5, 5.41) is 4.52. The normalized spacial score (nSPS) is 10.5. The van der Waals surface area contributed by atoms with Gasteiger partial charge in [-0.1, -0.05) is 23.2 Å². The molecule has 1 aromatic heterocycles.